The van der Waals surface area contributed by atoms with Crippen molar-refractivity contribution in [3.8, 4) is 0 Å². The second kappa shape index (κ2) is 4.12. The average Bonchev–Trinajstić information content (AvgIpc) is 2.55. The Hall–Kier alpha value is -0.570. The van der Waals surface area contributed by atoms with Crippen molar-refractivity contribution in [3.05, 3.63) is 0 Å². The summed E-state index contributed by atoms with van der Waals surface area (Å²) in [4.78, 5) is 11.0. The van der Waals surface area contributed by atoms with E-state index in [-0.39, 0.29) is 11.3 Å². The minimum Gasteiger partial charge on any atom is -0.481 e. The average molecular weight is 214 g/mol. The van der Waals surface area contributed by atoms with E-state index in [1.54, 1.807) is 0 Å². The zero-order chi connectivity index (χ0) is 11.7. The van der Waals surface area contributed by atoms with E-state index in [2.05, 4.69) is 6.92 Å². The standard InChI is InChI=1S/C12H22O3/c1-5-6-7-8-15-12(4)9(10(13)14)11(12,2)3/h9H,5-8H2,1-4H3,(H,13,14). The third kappa shape index (κ3) is 2.03. The maximum Gasteiger partial charge on any atom is 0.310 e. The lowest BCUT2D eigenvalue weighted by atomic mass is 10.1. The molecular formula is C12H22O3. The molecule has 0 spiro atoms. The Kier molecular flexibility index (Phi) is 3.44. The van der Waals surface area contributed by atoms with Gasteiger partial charge in [0.2, 0.25) is 0 Å². The highest BCUT2D eigenvalue weighted by atomic mass is 16.5. The predicted molar refractivity (Wildman–Crippen MR) is 58.8 cm³/mol. The summed E-state index contributed by atoms with van der Waals surface area (Å²) < 4.78 is 5.75. The number of aliphatic carboxylic acids is 1. The van der Waals surface area contributed by atoms with Gasteiger partial charge in [0.1, 0.15) is 0 Å². The molecule has 1 saturated carbocycles. The lowest BCUT2D eigenvalue weighted by Gasteiger charge is -2.15. The van der Waals surface area contributed by atoms with Crippen LogP contribution in [0.4, 0.5) is 0 Å². The highest BCUT2D eigenvalue weighted by Gasteiger charge is 2.73. The van der Waals surface area contributed by atoms with Crippen LogP contribution in [0, 0.1) is 11.3 Å². The molecule has 0 amide bonds. The third-order valence-electron chi connectivity index (χ3n) is 3.87. The van der Waals surface area contributed by atoms with Crippen molar-refractivity contribution >= 4 is 5.97 Å². The van der Waals surface area contributed by atoms with Gasteiger partial charge in [0.05, 0.1) is 11.5 Å². The number of rotatable bonds is 6. The van der Waals surface area contributed by atoms with Crippen molar-refractivity contribution in [1.82, 2.24) is 0 Å². The molecule has 0 saturated heterocycles. The molecule has 2 atom stereocenters. The van der Waals surface area contributed by atoms with Crippen LogP contribution in [0.25, 0.3) is 0 Å². The molecule has 2 unspecified atom stereocenters. The van der Waals surface area contributed by atoms with Gasteiger partial charge in [-0.05, 0) is 13.3 Å². The van der Waals surface area contributed by atoms with Crippen molar-refractivity contribution in [1.29, 1.82) is 0 Å². The van der Waals surface area contributed by atoms with Crippen molar-refractivity contribution < 1.29 is 14.6 Å². The Bertz CT molecular complexity index is 247. The molecule has 0 bridgehead atoms. The zero-order valence-electron chi connectivity index (χ0n) is 10.2. The van der Waals surface area contributed by atoms with Gasteiger partial charge in [-0.25, -0.2) is 0 Å². The van der Waals surface area contributed by atoms with Crippen LogP contribution in [0.1, 0.15) is 47.0 Å². The predicted octanol–water partition coefficient (Wildman–Crippen LogP) is 2.69. The van der Waals surface area contributed by atoms with Gasteiger partial charge in [0.15, 0.2) is 0 Å². The van der Waals surface area contributed by atoms with Crippen molar-refractivity contribution in [3.63, 3.8) is 0 Å². The van der Waals surface area contributed by atoms with E-state index < -0.39 is 11.6 Å². The van der Waals surface area contributed by atoms with Gasteiger partial charge in [0, 0.05) is 12.0 Å². The first-order valence-electron chi connectivity index (χ1n) is 5.74. The van der Waals surface area contributed by atoms with Crippen molar-refractivity contribution in [2.75, 3.05) is 6.61 Å². The summed E-state index contributed by atoms with van der Waals surface area (Å²) in [6, 6.07) is 0. The van der Waals surface area contributed by atoms with Crippen LogP contribution in [0.5, 0.6) is 0 Å². The van der Waals surface area contributed by atoms with Gasteiger partial charge in [-0.15, -0.1) is 0 Å². The Morgan fingerprint density at radius 3 is 2.33 bits per heavy atom. The second-order valence-electron chi connectivity index (χ2n) is 5.16. The van der Waals surface area contributed by atoms with Gasteiger partial charge >= 0.3 is 5.97 Å². The number of hydrogen-bond acceptors (Lipinski definition) is 2. The molecule has 0 aliphatic heterocycles. The molecule has 3 nitrogen and oxygen atoms in total. The number of hydrogen-bond donors (Lipinski definition) is 1. The van der Waals surface area contributed by atoms with Crippen LogP contribution in [-0.2, 0) is 9.53 Å². The molecule has 15 heavy (non-hydrogen) atoms. The van der Waals surface area contributed by atoms with Crippen LogP contribution >= 0.6 is 0 Å². The molecule has 0 aromatic rings. The molecule has 0 aromatic carbocycles. The first-order valence-corrected chi connectivity index (χ1v) is 5.74. The molecule has 1 N–H and O–H groups in total. The maximum atomic E-state index is 11.0. The van der Waals surface area contributed by atoms with E-state index in [0.717, 1.165) is 19.3 Å². The molecule has 3 heteroatoms. The summed E-state index contributed by atoms with van der Waals surface area (Å²) in [6.07, 6.45) is 3.33. The Labute approximate surface area is 91.8 Å². The van der Waals surface area contributed by atoms with Crippen molar-refractivity contribution in [2.45, 2.75) is 52.6 Å². The minimum atomic E-state index is -0.738. The normalized spacial score (nSPS) is 32.7. The summed E-state index contributed by atoms with van der Waals surface area (Å²) in [6.45, 7) is 8.66. The molecular weight excluding hydrogens is 192 g/mol. The van der Waals surface area contributed by atoms with Gasteiger partial charge < -0.3 is 9.84 Å². The van der Waals surface area contributed by atoms with Crippen LogP contribution in [-0.4, -0.2) is 23.3 Å². The van der Waals surface area contributed by atoms with Crippen LogP contribution in [0.15, 0.2) is 0 Å². The number of unbranched alkanes of at least 4 members (excludes halogenated alkanes) is 2. The number of ether oxygens (including phenoxy) is 1. The Balaban J connectivity index is 2.44. The molecule has 0 aromatic heterocycles. The fourth-order valence-electron chi connectivity index (χ4n) is 2.39. The van der Waals surface area contributed by atoms with Crippen LogP contribution in [0.3, 0.4) is 0 Å². The number of carbonyl (C=O) groups is 1. The van der Waals surface area contributed by atoms with Gasteiger partial charge in [-0.1, -0.05) is 33.6 Å². The fourth-order valence-corrected chi connectivity index (χ4v) is 2.39. The van der Waals surface area contributed by atoms with Gasteiger partial charge in [-0.3, -0.25) is 4.79 Å². The van der Waals surface area contributed by atoms with Crippen LogP contribution < -0.4 is 0 Å². The van der Waals surface area contributed by atoms with E-state index >= 15 is 0 Å². The molecule has 0 radical (unpaired) electrons. The van der Waals surface area contributed by atoms with E-state index in [1.807, 2.05) is 20.8 Å². The molecule has 1 rings (SSSR count). The summed E-state index contributed by atoms with van der Waals surface area (Å²) in [5, 5.41) is 9.05. The first-order chi connectivity index (χ1) is 6.88. The molecule has 88 valence electrons. The SMILES string of the molecule is CCCCCOC1(C)C(C(=O)O)C1(C)C. The van der Waals surface area contributed by atoms with E-state index in [0.29, 0.717) is 6.61 Å². The molecule has 1 fully saturated rings. The summed E-state index contributed by atoms with van der Waals surface area (Å²) in [5.74, 6) is -1.09. The minimum absolute atomic E-state index is 0.231. The summed E-state index contributed by atoms with van der Waals surface area (Å²) in [7, 11) is 0. The summed E-state index contributed by atoms with van der Waals surface area (Å²) in [5.41, 5.74) is -0.697. The molecule has 1 aliphatic rings. The molecule has 0 heterocycles. The van der Waals surface area contributed by atoms with E-state index in [1.165, 1.54) is 0 Å². The largest absolute Gasteiger partial charge is 0.481 e. The van der Waals surface area contributed by atoms with Crippen molar-refractivity contribution in [2.24, 2.45) is 11.3 Å². The number of carboxylic acids is 1. The van der Waals surface area contributed by atoms with Crippen LogP contribution in [0.2, 0.25) is 0 Å². The summed E-state index contributed by atoms with van der Waals surface area (Å²) >= 11 is 0. The van der Waals surface area contributed by atoms with E-state index in [4.69, 9.17) is 9.84 Å². The van der Waals surface area contributed by atoms with Gasteiger partial charge in [-0.2, -0.15) is 0 Å². The monoisotopic (exact) mass is 214 g/mol. The zero-order valence-corrected chi connectivity index (χ0v) is 10.2. The fraction of sp³-hybridized carbons (Fsp3) is 0.917. The highest BCUT2D eigenvalue weighted by molar-refractivity contribution is 5.77. The Morgan fingerprint density at radius 1 is 1.33 bits per heavy atom. The number of carboxylic acid groups (broad SMARTS) is 1. The topological polar surface area (TPSA) is 46.5 Å². The third-order valence-corrected chi connectivity index (χ3v) is 3.87. The quantitative estimate of drug-likeness (QED) is 0.691. The Morgan fingerprint density at radius 2 is 1.93 bits per heavy atom. The first kappa shape index (κ1) is 12.5. The smallest absolute Gasteiger partial charge is 0.310 e. The highest BCUT2D eigenvalue weighted by Crippen LogP contribution is 2.63. The lowest BCUT2D eigenvalue weighted by Crippen LogP contribution is -2.19. The van der Waals surface area contributed by atoms with E-state index in [9.17, 15) is 4.79 Å². The maximum absolute atomic E-state index is 11.0. The molecule has 1 aliphatic carbocycles. The lowest BCUT2D eigenvalue weighted by molar-refractivity contribution is -0.141. The second-order valence-corrected chi connectivity index (χ2v) is 5.16. The van der Waals surface area contributed by atoms with Gasteiger partial charge in [0.25, 0.3) is 0 Å².